The van der Waals surface area contributed by atoms with Crippen LogP contribution < -0.4 is 10.2 Å². The van der Waals surface area contributed by atoms with Crippen LogP contribution in [0.15, 0.2) is 24.3 Å². The summed E-state index contributed by atoms with van der Waals surface area (Å²) >= 11 is 5.92. The van der Waals surface area contributed by atoms with E-state index in [1.54, 1.807) is 0 Å². The third-order valence-corrected chi connectivity index (χ3v) is 4.75. The summed E-state index contributed by atoms with van der Waals surface area (Å²) in [6.07, 6.45) is 2.51. The van der Waals surface area contributed by atoms with Crippen molar-refractivity contribution in [3.63, 3.8) is 0 Å². The van der Waals surface area contributed by atoms with Gasteiger partial charge in [0.05, 0.1) is 12.6 Å². The molecule has 3 rings (SSSR count). The second-order valence-electron chi connectivity index (χ2n) is 6.11. The maximum atomic E-state index is 12.2. The smallest absolute Gasteiger partial charge is 0.236 e. The van der Waals surface area contributed by atoms with Crippen LogP contribution in [0.4, 0.5) is 5.69 Å². The van der Waals surface area contributed by atoms with Gasteiger partial charge in [0.25, 0.3) is 0 Å². The standard InChI is InChI=1S/C17H24ClN3O2/c18-14-3-5-15(6-4-14)20-7-9-21(10-8-20)17(22)13-19-12-16-2-1-11-23-16/h3-6,16,19H,1-2,7-13H2/t16-/m1/s1. The summed E-state index contributed by atoms with van der Waals surface area (Å²) in [4.78, 5) is 16.5. The Labute approximate surface area is 142 Å². The van der Waals surface area contributed by atoms with Crippen molar-refractivity contribution in [3.05, 3.63) is 29.3 Å². The Hall–Kier alpha value is -1.30. The molecule has 2 saturated heterocycles. The van der Waals surface area contributed by atoms with Crippen molar-refractivity contribution >= 4 is 23.2 Å². The minimum atomic E-state index is 0.179. The first-order valence-corrected chi connectivity index (χ1v) is 8.71. The zero-order chi connectivity index (χ0) is 16.1. The Morgan fingerprint density at radius 3 is 2.61 bits per heavy atom. The normalized spacial score (nSPS) is 21.7. The highest BCUT2D eigenvalue weighted by Crippen LogP contribution is 2.19. The fraction of sp³-hybridized carbons (Fsp3) is 0.588. The molecular formula is C17H24ClN3O2. The average molecular weight is 338 g/mol. The van der Waals surface area contributed by atoms with E-state index in [0.717, 1.165) is 62.9 Å². The topological polar surface area (TPSA) is 44.8 Å². The molecule has 0 saturated carbocycles. The van der Waals surface area contributed by atoms with Crippen molar-refractivity contribution in [2.45, 2.75) is 18.9 Å². The molecule has 0 unspecified atom stereocenters. The molecular weight excluding hydrogens is 314 g/mol. The third-order valence-electron chi connectivity index (χ3n) is 4.50. The van der Waals surface area contributed by atoms with E-state index in [9.17, 15) is 4.79 Å². The van der Waals surface area contributed by atoms with Crippen molar-refractivity contribution < 1.29 is 9.53 Å². The number of benzene rings is 1. The average Bonchev–Trinajstić information content (AvgIpc) is 3.09. The molecule has 1 atom stereocenters. The minimum Gasteiger partial charge on any atom is -0.377 e. The van der Waals surface area contributed by atoms with Crippen LogP contribution in [-0.2, 0) is 9.53 Å². The van der Waals surface area contributed by atoms with Crippen molar-refractivity contribution in [2.24, 2.45) is 0 Å². The molecule has 2 fully saturated rings. The first-order chi connectivity index (χ1) is 11.2. The quantitative estimate of drug-likeness (QED) is 0.889. The molecule has 0 bridgehead atoms. The van der Waals surface area contributed by atoms with Crippen LogP contribution in [-0.4, -0.2) is 62.8 Å². The van der Waals surface area contributed by atoms with E-state index in [-0.39, 0.29) is 12.0 Å². The van der Waals surface area contributed by atoms with E-state index in [1.807, 2.05) is 29.2 Å². The Balaban J connectivity index is 1.39. The summed E-state index contributed by atoms with van der Waals surface area (Å²) in [5.41, 5.74) is 1.16. The van der Waals surface area contributed by atoms with Gasteiger partial charge in [0.2, 0.25) is 5.91 Å². The SMILES string of the molecule is O=C(CNC[C@H]1CCCO1)N1CCN(c2ccc(Cl)cc2)CC1. The van der Waals surface area contributed by atoms with Gasteiger partial charge in [-0.3, -0.25) is 4.79 Å². The lowest BCUT2D eigenvalue weighted by Crippen LogP contribution is -2.51. The highest BCUT2D eigenvalue weighted by Gasteiger charge is 2.21. The van der Waals surface area contributed by atoms with Crippen LogP contribution in [0.5, 0.6) is 0 Å². The number of hydrogen-bond donors (Lipinski definition) is 1. The van der Waals surface area contributed by atoms with Crippen LogP contribution in [0.2, 0.25) is 5.02 Å². The lowest BCUT2D eigenvalue weighted by Gasteiger charge is -2.36. The van der Waals surface area contributed by atoms with Gasteiger partial charge in [0.1, 0.15) is 0 Å². The molecule has 0 radical (unpaired) electrons. The van der Waals surface area contributed by atoms with E-state index in [2.05, 4.69) is 10.2 Å². The summed E-state index contributed by atoms with van der Waals surface area (Å²) in [5.74, 6) is 0.179. The number of ether oxygens (including phenoxy) is 1. The number of hydrogen-bond acceptors (Lipinski definition) is 4. The van der Waals surface area contributed by atoms with Crippen molar-refractivity contribution in [3.8, 4) is 0 Å². The van der Waals surface area contributed by atoms with Gasteiger partial charge in [0.15, 0.2) is 0 Å². The monoisotopic (exact) mass is 337 g/mol. The first kappa shape index (κ1) is 16.6. The number of amides is 1. The van der Waals surface area contributed by atoms with Gasteiger partial charge in [-0.15, -0.1) is 0 Å². The first-order valence-electron chi connectivity index (χ1n) is 8.33. The number of carbonyl (C=O) groups is 1. The minimum absolute atomic E-state index is 0.179. The van der Waals surface area contributed by atoms with Gasteiger partial charge in [-0.05, 0) is 37.1 Å². The molecule has 1 N–H and O–H groups in total. The van der Waals surface area contributed by atoms with E-state index in [0.29, 0.717) is 6.54 Å². The lowest BCUT2D eigenvalue weighted by molar-refractivity contribution is -0.130. The van der Waals surface area contributed by atoms with Crippen LogP contribution in [0.3, 0.4) is 0 Å². The van der Waals surface area contributed by atoms with Gasteiger partial charge in [-0.25, -0.2) is 0 Å². The zero-order valence-corrected chi connectivity index (χ0v) is 14.1. The highest BCUT2D eigenvalue weighted by atomic mass is 35.5. The molecule has 126 valence electrons. The Kier molecular flexibility index (Phi) is 5.75. The number of rotatable bonds is 5. The summed E-state index contributed by atoms with van der Waals surface area (Å²) in [5, 5.41) is 3.98. The largest absolute Gasteiger partial charge is 0.377 e. The molecule has 1 amide bonds. The van der Waals surface area contributed by atoms with E-state index in [1.165, 1.54) is 0 Å². The maximum Gasteiger partial charge on any atom is 0.236 e. The second kappa shape index (κ2) is 7.99. The van der Waals surface area contributed by atoms with Crippen molar-refractivity contribution in [1.82, 2.24) is 10.2 Å². The van der Waals surface area contributed by atoms with Gasteiger partial charge < -0.3 is 19.9 Å². The van der Waals surface area contributed by atoms with Gasteiger partial charge in [0, 0.05) is 50.0 Å². The molecule has 2 aliphatic rings. The van der Waals surface area contributed by atoms with Crippen LogP contribution >= 0.6 is 11.6 Å². The second-order valence-corrected chi connectivity index (χ2v) is 6.55. The van der Waals surface area contributed by atoms with Crippen LogP contribution in [0.1, 0.15) is 12.8 Å². The number of nitrogens with zero attached hydrogens (tertiary/aromatic N) is 2. The number of piperazine rings is 1. The fourth-order valence-corrected chi connectivity index (χ4v) is 3.25. The Morgan fingerprint density at radius 2 is 1.96 bits per heavy atom. The Bertz CT molecular complexity index is 509. The Morgan fingerprint density at radius 1 is 1.22 bits per heavy atom. The van der Waals surface area contributed by atoms with E-state index >= 15 is 0 Å². The van der Waals surface area contributed by atoms with Gasteiger partial charge in [-0.1, -0.05) is 11.6 Å². The van der Waals surface area contributed by atoms with Crippen LogP contribution in [0, 0.1) is 0 Å². The van der Waals surface area contributed by atoms with E-state index < -0.39 is 0 Å². The number of carbonyl (C=O) groups excluding carboxylic acids is 1. The molecule has 0 aliphatic carbocycles. The fourth-order valence-electron chi connectivity index (χ4n) is 3.12. The number of nitrogens with one attached hydrogen (secondary N) is 1. The molecule has 0 spiro atoms. The zero-order valence-electron chi connectivity index (χ0n) is 13.3. The molecule has 6 heteroatoms. The molecule has 2 aliphatic heterocycles. The predicted octanol–water partition coefficient (Wildman–Crippen LogP) is 1.76. The summed E-state index contributed by atoms with van der Waals surface area (Å²) in [6.45, 7) is 5.29. The number of anilines is 1. The summed E-state index contributed by atoms with van der Waals surface area (Å²) in [7, 11) is 0. The van der Waals surface area contributed by atoms with Crippen LogP contribution in [0.25, 0.3) is 0 Å². The molecule has 23 heavy (non-hydrogen) atoms. The maximum absolute atomic E-state index is 12.2. The van der Waals surface area contributed by atoms with Gasteiger partial charge in [-0.2, -0.15) is 0 Å². The summed E-state index contributed by atoms with van der Waals surface area (Å²) < 4.78 is 5.55. The lowest BCUT2D eigenvalue weighted by atomic mass is 10.2. The van der Waals surface area contributed by atoms with Crippen molar-refractivity contribution in [2.75, 3.05) is 50.8 Å². The molecule has 5 nitrogen and oxygen atoms in total. The molecule has 0 aromatic heterocycles. The molecule has 1 aromatic rings. The third kappa shape index (κ3) is 4.59. The van der Waals surface area contributed by atoms with Crippen molar-refractivity contribution in [1.29, 1.82) is 0 Å². The summed E-state index contributed by atoms with van der Waals surface area (Å²) in [6, 6.07) is 7.87. The molecule has 1 aromatic carbocycles. The van der Waals surface area contributed by atoms with E-state index in [4.69, 9.17) is 16.3 Å². The molecule has 2 heterocycles. The highest BCUT2D eigenvalue weighted by molar-refractivity contribution is 6.30. The predicted molar refractivity (Wildman–Crippen MR) is 92.1 cm³/mol. The van der Waals surface area contributed by atoms with Gasteiger partial charge >= 0.3 is 0 Å². The number of halogens is 1.